The Bertz CT molecular complexity index is 1370. The molecule has 4 aromatic rings. The van der Waals surface area contributed by atoms with Crippen molar-refractivity contribution in [3.05, 3.63) is 84.1 Å². The molecule has 0 bridgehead atoms. The predicted molar refractivity (Wildman–Crippen MR) is 140 cm³/mol. The third-order valence-electron chi connectivity index (χ3n) is 5.74. The van der Waals surface area contributed by atoms with Gasteiger partial charge in [0.1, 0.15) is 17.8 Å². The van der Waals surface area contributed by atoms with Gasteiger partial charge in [-0.05, 0) is 55.8 Å². The number of carbonyl (C=O) groups is 2. The van der Waals surface area contributed by atoms with Crippen LogP contribution in [0.25, 0.3) is 11.5 Å². The van der Waals surface area contributed by atoms with Crippen molar-refractivity contribution in [2.75, 3.05) is 18.5 Å². The number of aromatic nitrogens is 5. The maximum atomic E-state index is 12.9. The number of rotatable bonds is 11. The van der Waals surface area contributed by atoms with Crippen LogP contribution in [-0.2, 0) is 23.1 Å². The van der Waals surface area contributed by atoms with Gasteiger partial charge in [0.15, 0.2) is 18.3 Å². The van der Waals surface area contributed by atoms with E-state index in [0.717, 1.165) is 17.1 Å². The molecule has 0 aliphatic carbocycles. The van der Waals surface area contributed by atoms with Crippen LogP contribution in [0.15, 0.2) is 67.1 Å². The molecular weight excluding hydrogens is 486 g/mol. The molecule has 0 aliphatic rings. The number of nitrogens with one attached hydrogen (secondary N) is 2. The monoisotopic (exact) mass is 515 g/mol. The summed E-state index contributed by atoms with van der Waals surface area (Å²) < 4.78 is 12.1. The molecule has 2 aromatic carbocycles. The van der Waals surface area contributed by atoms with E-state index in [1.54, 1.807) is 43.5 Å². The van der Waals surface area contributed by atoms with E-state index in [1.807, 2.05) is 42.8 Å². The van der Waals surface area contributed by atoms with Crippen LogP contribution < -0.4 is 15.4 Å². The molecule has 11 nitrogen and oxygen atoms in total. The SMILES string of the molecule is CCOC(=O)COc1ccc(C(C)NC(=O)c2cccc(NCc3nnc(-c4ccncn4)n3C)c2)cc1. The lowest BCUT2D eigenvalue weighted by Crippen LogP contribution is -2.26. The third-order valence-corrected chi connectivity index (χ3v) is 5.74. The molecule has 1 atom stereocenters. The van der Waals surface area contributed by atoms with Crippen LogP contribution in [-0.4, -0.2) is 49.8 Å². The van der Waals surface area contributed by atoms with Crippen molar-refractivity contribution < 1.29 is 19.1 Å². The van der Waals surface area contributed by atoms with Gasteiger partial charge in [-0.15, -0.1) is 10.2 Å². The number of esters is 1. The Labute approximate surface area is 220 Å². The van der Waals surface area contributed by atoms with E-state index < -0.39 is 5.97 Å². The van der Waals surface area contributed by atoms with E-state index in [9.17, 15) is 9.59 Å². The molecule has 38 heavy (non-hydrogen) atoms. The van der Waals surface area contributed by atoms with Gasteiger partial charge in [-0.1, -0.05) is 18.2 Å². The van der Waals surface area contributed by atoms with E-state index in [1.165, 1.54) is 6.33 Å². The van der Waals surface area contributed by atoms with E-state index in [2.05, 4.69) is 30.8 Å². The highest BCUT2D eigenvalue weighted by Gasteiger charge is 2.14. The number of amides is 1. The summed E-state index contributed by atoms with van der Waals surface area (Å²) in [6.45, 7) is 4.22. The van der Waals surface area contributed by atoms with Crippen molar-refractivity contribution in [3.8, 4) is 17.3 Å². The Balaban J connectivity index is 1.33. The number of hydrogen-bond donors (Lipinski definition) is 2. The second-order valence-electron chi connectivity index (χ2n) is 8.39. The van der Waals surface area contributed by atoms with Gasteiger partial charge in [-0.3, -0.25) is 4.79 Å². The number of carbonyl (C=O) groups excluding carboxylic acids is 2. The van der Waals surface area contributed by atoms with Crippen molar-refractivity contribution in [2.24, 2.45) is 7.05 Å². The minimum atomic E-state index is -0.419. The first-order valence-corrected chi connectivity index (χ1v) is 12.1. The average molecular weight is 516 g/mol. The quantitative estimate of drug-likeness (QED) is 0.289. The average Bonchev–Trinajstić information content (AvgIpc) is 3.31. The summed E-state index contributed by atoms with van der Waals surface area (Å²) in [5.74, 6) is 1.29. The Morgan fingerprint density at radius 3 is 2.63 bits per heavy atom. The van der Waals surface area contributed by atoms with Gasteiger partial charge in [0.2, 0.25) is 0 Å². The van der Waals surface area contributed by atoms with Gasteiger partial charge < -0.3 is 24.7 Å². The standard InChI is InChI=1S/C27H29N7O4/c1-4-37-25(35)16-38-22-10-8-19(9-11-22)18(2)31-27(36)20-6-5-7-21(14-20)29-15-24-32-33-26(34(24)3)23-12-13-28-17-30-23/h5-14,17-18,29H,4,15-16H2,1-3H3,(H,31,36). The summed E-state index contributed by atoms with van der Waals surface area (Å²) in [6, 6.07) is 16.0. The smallest absolute Gasteiger partial charge is 0.344 e. The third kappa shape index (κ3) is 6.69. The van der Waals surface area contributed by atoms with Crippen LogP contribution >= 0.6 is 0 Å². The van der Waals surface area contributed by atoms with Crippen LogP contribution in [0.2, 0.25) is 0 Å². The zero-order valence-corrected chi connectivity index (χ0v) is 21.4. The summed E-state index contributed by atoms with van der Waals surface area (Å²) in [7, 11) is 1.87. The molecule has 2 N–H and O–H groups in total. The van der Waals surface area contributed by atoms with Crippen molar-refractivity contribution in [1.82, 2.24) is 30.0 Å². The van der Waals surface area contributed by atoms with Gasteiger partial charge in [-0.2, -0.15) is 0 Å². The minimum absolute atomic E-state index is 0.149. The summed E-state index contributed by atoms with van der Waals surface area (Å²) in [6.07, 6.45) is 3.13. The van der Waals surface area contributed by atoms with Gasteiger partial charge in [0.05, 0.1) is 19.2 Å². The number of ether oxygens (including phenoxy) is 2. The van der Waals surface area contributed by atoms with Crippen LogP contribution in [0.4, 0.5) is 5.69 Å². The molecule has 1 amide bonds. The molecule has 0 spiro atoms. The molecule has 0 aliphatic heterocycles. The van der Waals surface area contributed by atoms with E-state index in [0.29, 0.717) is 36.0 Å². The van der Waals surface area contributed by atoms with Crippen LogP contribution in [0.3, 0.4) is 0 Å². The second kappa shape index (κ2) is 12.4. The number of nitrogens with zero attached hydrogens (tertiary/aromatic N) is 5. The Morgan fingerprint density at radius 2 is 1.89 bits per heavy atom. The summed E-state index contributed by atoms with van der Waals surface area (Å²) in [5, 5.41) is 14.8. The molecule has 0 radical (unpaired) electrons. The molecule has 2 aromatic heterocycles. The van der Waals surface area contributed by atoms with Crippen molar-refractivity contribution in [2.45, 2.75) is 26.4 Å². The summed E-state index contributed by atoms with van der Waals surface area (Å²) in [4.78, 5) is 32.5. The number of benzene rings is 2. The second-order valence-corrected chi connectivity index (χ2v) is 8.39. The molecule has 0 fully saturated rings. The maximum absolute atomic E-state index is 12.9. The Kier molecular flexibility index (Phi) is 8.60. The minimum Gasteiger partial charge on any atom is -0.482 e. The highest BCUT2D eigenvalue weighted by Crippen LogP contribution is 2.20. The van der Waals surface area contributed by atoms with E-state index >= 15 is 0 Å². The maximum Gasteiger partial charge on any atom is 0.344 e. The molecular formula is C27H29N7O4. The fraction of sp³-hybridized carbons (Fsp3) is 0.259. The number of anilines is 1. The van der Waals surface area contributed by atoms with Crippen LogP contribution in [0.1, 0.15) is 41.6 Å². The van der Waals surface area contributed by atoms with Gasteiger partial charge in [0.25, 0.3) is 5.91 Å². The Morgan fingerprint density at radius 1 is 1.08 bits per heavy atom. The largest absolute Gasteiger partial charge is 0.482 e. The topological polar surface area (TPSA) is 133 Å². The lowest BCUT2D eigenvalue weighted by Gasteiger charge is -2.16. The molecule has 2 heterocycles. The zero-order chi connectivity index (χ0) is 26.9. The molecule has 1 unspecified atom stereocenters. The summed E-state index contributed by atoms with van der Waals surface area (Å²) in [5.41, 5.74) is 2.89. The first-order chi connectivity index (χ1) is 18.4. The van der Waals surface area contributed by atoms with Crippen molar-refractivity contribution in [1.29, 1.82) is 0 Å². The lowest BCUT2D eigenvalue weighted by molar-refractivity contribution is -0.145. The van der Waals surface area contributed by atoms with Crippen LogP contribution in [0.5, 0.6) is 5.75 Å². The predicted octanol–water partition coefficient (Wildman–Crippen LogP) is 3.32. The van der Waals surface area contributed by atoms with Crippen molar-refractivity contribution >= 4 is 17.6 Å². The highest BCUT2D eigenvalue weighted by atomic mass is 16.6. The van der Waals surface area contributed by atoms with Gasteiger partial charge >= 0.3 is 5.97 Å². The Hall–Kier alpha value is -4.80. The van der Waals surface area contributed by atoms with Gasteiger partial charge in [-0.25, -0.2) is 14.8 Å². The lowest BCUT2D eigenvalue weighted by atomic mass is 10.1. The molecule has 0 saturated heterocycles. The first kappa shape index (κ1) is 26.3. The van der Waals surface area contributed by atoms with E-state index in [-0.39, 0.29) is 18.6 Å². The molecule has 4 rings (SSSR count). The summed E-state index contributed by atoms with van der Waals surface area (Å²) >= 11 is 0. The molecule has 11 heteroatoms. The fourth-order valence-corrected chi connectivity index (χ4v) is 3.67. The van der Waals surface area contributed by atoms with E-state index in [4.69, 9.17) is 9.47 Å². The van der Waals surface area contributed by atoms with Crippen molar-refractivity contribution in [3.63, 3.8) is 0 Å². The zero-order valence-electron chi connectivity index (χ0n) is 21.4. The first-order valence-electron chi connectivity index (χ1n) is 12.1. The highest BCUT2D eigenvalue weighted by molar-refractivity contribution is 5.95. The van der Waals surface area contributed by atoms with Gasteiger partial charge in [0, 0.05) is 24.5 Å². The normalized spacial score (nSPS) is 11.4. The van der Waals surface area contributed by atoms with Crippen LogP contribution in [0, 0.1) is 0 Å². The number of hydrogen-bond acceptors (Lipinski definition) is 9. The molecule has 196 valence electrons. The molecule has 0 saturated carbocycles. The fourth-order valence-electron chi connectivity index (χ4n) is 3.67.